The third-order valence-corrected chi connectivity index (χ3v) is 8.82. The van der Waals surface area contributed by atoms with Gasteiger partial charge in [-0.3, -0.25) is 4.90 Å². The second-order valence-electron chi connectivity index (χ2n) is 11.1. The molecule has 36 heavy (non-hydrogen) atoms. The van der Waals surface area contributed by atoms with Crippen molar-refractivity contribution in [2.24, 2.45) is 0 Å². The molecule has 2 saturated heterocycles. The van der Waals surface area contributed by atoms with Gasteiger partial charge in [-0.1, -0.05) is 33.4 Å². The van der Waals surface area contributed by atoms with Crippen LogP contribution in [-0.4, -0.2) is 55.3 Å². The van der Waals surface area contributed by atoms with E-state index < -0.39 is 0 Å². The fourth-order valence-corrected chi connectivity index (χ4v) is 6.71. The van der Waals surface area contributed by atoms with E-state index in [4.69, 9.17) is 4.74 Å². The first kappa shape index (κ1) is 23.3. The lowest BCUT2D eigenvalue weighted by Crippen LogP contribution is -2.49. The Morgan fingerprint density at radius 2 is 1.86 bits per heavy atom. The molecule has 0 saturated carbocycles. The number of morpholine rings is 1. The van der Waals surface area contributed by atoms with Crippen LogP contribution in [0.5, 0.6) is 0 Å². The molecule has 1 aromatic heterocycles. The van der Waals surface area contributed by atoms with Crippen molar-refractivity contribution < 1.29 is 4.74 Å². The van der Waals surface area contributed by atoms with Gasteiger partial charge in [0.1, 0.15) is 0 Å². The summed E-state index contributed by atoms with van der Waals surface area (Å²) >= 11 is 0. The number of aromatic nitrogens is 1. The fourth-order valence-electron chi connectivity index (χ4n) is 6.71. The predicted octanol–water partition coefficient (Wildman–Crippen LogP) is 5.60. The lowest BCUT2D eigenvalue weighted by molar-refractivity contribution is 0.0115. The van der Waals surface area contributed by atoms with Gasteiger partial charge in [0.2, 0.25) is 0 Å². The number of fused-ring (bicyclic) bond motifs is 4. The Hall–Kier alpha value is -3.07. The van der Waals surface area contributed by atoms with Crippen LogP contribution in [0.2, 0.25) is 0 Å². The highest BCUT2D eigenvalue weighted by Gasteiger charge is 2.38. The maximum atomic E-state index is 9.40. The van der Waals surface area contributed by atoms with Crippen LogP contribution in [0.25, 0.3) is 16.5 Å². The van der Waals surface area contributed by atoms with Crippen LogP contribution in [0.1, 0.15) is 67.1 Å². The number of ether oxygens (including phenoxy) is 1. The van der Waals surface area contributed by atoms with Gasteiger partial charge in [-0.15, -0.1) is 0 Å². The number of benzene rings is 2. The lowest BCUT2D eigenvalue weighted by Gasteiger charge is -2.42. The van der Waals surface area contributed by atoms with Gasteiger partial charge in [0.05, 0.1) is 24.8 Å². The summed E-state index contributed by atoms with van der Waals surface area (Å²) in [7, 11) is 0. The van der Waals surface area contributed by atoms with Crippen molar-refractivity contribution in [1.29, 1.82) is 5.26 Å². The van der Waals surface area contributed by atoms with Crippen LogP contribution in [0, 0.1) is 11.3 Å². The van der Waals surface area contributed by atoms with E-state index >= 15 is 0 Å². The standard InChI is InChI=1S/C31H36N4O/c1-5-22-17-25-20(2)29-24-7-6-21(19-32)16-27(24)33-30(29)31(3,4)26(25)18-28(22)35-10-8-23(9-11-35)34-12-14-36-15-13-34/h6-7,16-18,23,33H,2,5,8-15H2,1,3-4H3. The normalized spacial score (nSPS) is 20.3. The van der Waals surface area contributed by atoms with Crippen LogP contribution in [0.3, 0.4) is 0 Å². The van der Waals surface area contributed by atoms with Crippen LogP contribution in [0.4, 0.5) is 5.69 Å². The van der Waals surface area contributed by atoms with Crippen LogP contribution >= 0.6 is 0 Å². The topological polar surface area (TPSA) is 55.3 Å². The summed E-state index contributed by atoms with van der Waals surface area (Å²) in [5.41, 5.74) is 10.4. The second-order valence-corrected chi connectivity index (χ2v) is 11.1. The van der Waals surface area contributed by atoms with Gasteiger partial charge in [0.15, 0.2) is 0 Å². The molecule has 0 bridgehead atoms. The van der Waals surface area contributed by atoms with Gasteiger partial charge >= 0.3 is 0 Å². The number of rotatable bonds is 3. The molecule has 5 heteroatoms. The van der Waals surface area contributed by atoms with Crippen molar-refractivity contribution in [3.05, 3.63) is 70.4 Å². The third-order valence-electron chi connectivity index (χ3n) is 8.82. The van der Waals surface area contributed by atoms with Crippen molar-refractivity contribution >= 4 is 22.2 Å². The molecule has 3 heterocycles. The Morgan fingerprint density at radius 1 is 1.11 bits per heavy atom. The maximum absolute atomic E-state index is 9.40. The summed E-state index contributed by atoms with van der Waals surface area (Å²) in [6, 6.07) is 13.8. The van der Waals surface area contributed by atoms with E-state index in [-0.39, 0.29) is 5.41 Å². The molecule has 1 N–H and O–H groups in total. The zero-order chi connectivity index (χ0) is 25.0. The Kier molecular flexibility index (Phi) is 5.70. The Morgan fingerprint density at radius 3 is 2.56 bits per heavy atom. The third kappa shape index (κ3) is 3.58. The van der Waals surface area contributed by atoms with Gasteiger partial charge in [-0.2, -0.15) is 5.26 Å². The van der Waals surface area contributed by atoms with E-state index in [0.717, 1.165) is 62.3 Å². The van der Waals surface area contributed by atoms with E-state index in [1.54, 1.807) is 0 Å². The summed E-state index contributed by atoms with van der Waals surface area (Å²) in [5.74, 6) is 0. The maximum Gasteiger partial charge on any atom is 0.0992 e. The minimum atomic E-state index is -0.190. The molecule has 2 aliphatic heterocycles. The number of nitriles is 1. The zero-order valence-electron chi connectivity index (χ0n) is 21.8. The molecule has 5 nitrogen and oxygen atoms in total. The molecule has 3 aliphatic rings. The summed E-state index contributed by atoms with van der Waals surface area (Å²) in [6.07, 6.45) is 3.43. The molecule has 0 atom stereocenters. The number of aryl methyl sites for hydroxylation is 1. The Balaban J connectivity index is 1.37. The molecule has 2 aromatic carbocycles. The summed E-state index contributed by atoms with van der Waals surface area (Å²) in [4.78, 5) is 8.94. The molecule has 0 amide bonds. The van der Waals surface area contributed by atoms with E-state index in [0.29, 0.717) is 11.6 Å². The average molecular weight is 481 g/mol. The molecule has 2 fully saturated rings. The highest BCUT2D eigenvalue weighted by molar-refractivity contribution is 6.01. The molecule has 0 spiro atoms. The first-order valence-corrected chi connectivity index (χ1v) is 13.4. The fraction of sp³-hybridized carbons (Fsp3) is 0.452. The van der Waals surface area contributed by atoms with Crippen LogP contribution < -0.4 is 4.90 Å². The van der Waals surface area contributed by atoms with Crippen LogP contribution in [0.15, 0.2) is 36.9 Å². The van der Waals surface area contributed by atoms with Crippen molar-refractivity contribution in [3.8, 4) is 6.07 Å². The summed E-state index contributed by atoms with van der Waals surface area (Å²) in [5, 5.41) is 10.6. The van der Waals surface area contributed by atoms with Gasteiger partial charge in [0, 0.05) is 65.5 Å². The van der Waals surface area contributed by atoms with Gasteiger partial charge < -0.3 is 14.6 Å². The number of hydrogen-bond acceptors (Lipinski definition) is 4. The molecule has 0 unspecified atom stereocenters. The number of hydrogen-bond donors (Lipinski definition) is 1. The zero-order valence-corrected chi connectivity index (χ0v) is 21.8. The van der Waals surface area contributed by atoms with Gasteiger partial charge in [-0.25, -0.2) is 0 Å². The SMILES string of the molecule is C=C1c2cc(CC)c(N3CCC(N4CCOCC4)CC3)cc2C(C)(C)c2[nH]c3cc(C#N)ccc3c21. The summed E-state index contributed by atoms with van der Waals surface area (Å²) < 4.78 is 5.57. The van der Waals surface area contributed by atoms with Crippen LogP contribution in [-0.2, 0) is 16.6 Å². The average Bonchev–Trinajstić information content (AvgIpc) is 3.32. The largest absolute Gasteiger partial charge is 0.379 e. The minimum Gasteiger partial charge on any atom is -0.379 e. The molecule has 3 aromatic rings. The highest BCUT2D eigenvalue weighted by atomic mass is 16.5. The van der Waals surface area contributed by atoms with E-state index in [2.05, 4.69) is 66.4 Å². The second kappa shape index (κ2) is 8.80. The number of H-pyrrole nitrogens is 1. The predicted molar refractivity (Wildman–Crippen MR) is 147 cm³/mol. The number of aromatic amines is 1. The van der Waals surface area contributed by atoms with Crippen molar-refractivity contribution in [3.63, 3.8) is 0 Å². The van der Waals surface area contributed by atoms with Crippen molar-refractivity contribution in [2.75, 3.05) is 44.3 Å². The molecular weight excluding hydrogens is 444 g/mol. The highest BCUT2D eigenvalue weighted by Crippen LogP contribution is 2.50. The molecular formula is C31H36N4O. The molecule has 186 valence electrons. The molecule has 0 radical (unpaired) electrons. The number of anilines is 1. The quantitative estimate of drug-likeness (QED) is 0.530. The molecule has 1 aliphatic carbocycles. The van der Waals surface area contributed by atoms with E-state index in [1.807, 2.05) is 12.1 Å². The van der Waals surface area contributed by atoms with Crippen molar-refractivity contribution in [1.82, 2.24) is 9.88 Å². The first-order valence-electron chi connectivity index (χ1n) is 13.4. The number of piperidine rings is 1. The first-order chi connectivity index (χ1) is 17.4. The van der Waals surface area contributed by atoms with E-state index in [1.165, 1.54) is 46.5 Å². The minimum absolute atomic E-state index is 0.190. The smallest absolute Gasteiger partial charge is 0.0992 e. The lowest BCUT2D eigenvalue weighted by atomic mass is 9.69. The molecule has 6 rings (SSSR count). The summed E-state index contributed by atoms with van der Waals surface area (Å²) in [6.45, 7) is 17.6. The van der Waals surface area contributed by atoms with E-state index in [9.17, 15) is 5.26 Å². The Bertz CT molecular complexity index is 1380. The van der Waals surface area contributed by atoms with Crippen molar-refractivity contribution in [2.45, 2.75) is 51.5 Å². The van der Waals surface area contributed by atoms with Gasteiger partial charge in [0.25, 0.3) is 0 Å². The number of nitrogens with zero attached hydrogens (tertiary/aromatic N) is 3. The van der Waals surface area contributed by atoms with Gasteiger partial charge in [-0.05, 0) is 65.8 Å². The number of nitrogens with one attached hydrogen (secondary N) is 1. The Labute approximate surface area is 214 Å². The monoisotopic (exact) mass is 480 g/mol.